The van der Waals surface area contributed by atoms with Crippen LogP contribution in [0.2, 0.25) is 0 Å². The second-order valence-electron chi connectivity index (χ2n) is 2.82. The van der Waals surface area contributed by atoms with Crippen molar-refractivity contribution < 1.29 is 81.8 Å². The molecule has 74 valence electrons. The van der Waals surface area contributed by atoms with Crippen LogP contribution in [0.5, 0.6) is 0 Å². The molecule has 0 aromatic rings. The summed E-state index contributed by atoms with van der Waals surface area (Å²) in [6.45, 7) is 0.462. The van der Waals surface area contributed by atoms with Crippen LogP contribution in [0, 0.1) is 5.92 Å². The zero-order valence-corrected chi connectivity index (χ0v) is 13.1. The normalized spacial score (nSPS) is 9.14. The van der Waals surface area contributed by atoms with Crippen molar-refractivity contribution in [1.29, 1.82) is 0 Å². The molecule has 0 saturated carbocycles. The standard InChI is InChI=1S/C7H13NO4.2Na.2H/c1-8(2)4-3-5(6(9)10)7(11)12;;;;/h5H,3-4H2,1-2H3,(H,9,10)(H,11,12);;;;/q;2*+1;2*-1. The average Bonchev–Trinajstić information content (AvgIpc) is 1.84. The number of rotatable bonds is 5. The number of hydrogen-bond donors (Lipinski definition) is 2. The van der Waals surface area contributed by atoms with Crippen molar-refractivity contribution in [2.45, 2.75) is 6.42 Å². The van der Waals surface area contributed by atoms with Crippen molar-refractivity contribution in [3.05, 3.63) is 0 Å². The number of carboxylic acid groups (broad SMARTS) is 2. The number of hydrogen-bond acceptors (Lipinski definition) is 3. The van der Waals surface area contributed by atoms with Crippen LogP contribution < -0.4 is 59.1 Å². The third-order valence-electron chi connectivity index (χ3n) is 1.46. The number of carboxylic acids is 2. The van der Waals surface area contributed by atoms with Crippen molar-refractivity contribution in [3.63, 3.8) is 0 Å². The maximum Gasteiger partial charge on any atom is 1.00 e. The maximum atomic E-state index is 10.4. The third-order valence-corrected chi connectivity index (χ3v) is 1.46. The molecule has 2 N–H and O–H groups in total. The van der Waals surface area contributed by atoms with Gasteiger partial charge in [0.15, 0.2) is 5.92 Å². The van der Waals surface area contributed by atoms with E-state index in [4.69, 9.17) is 10.2 Å². The van der Waals surface area contributed by atoms with Gasteiger partial charge in [0.2, 0.25) is 0 Å². The quantitative estimate of drug-likeness (QED) is 0.358. The van der Waals surface area contributed by atoms with Crippen molar-refractivity contribution >= 4 is 11.9 Å². The Kier molecular flexibility index (Phi) is 15.1. The van der Waals surface area contributed by atoms with Gasteiger partial charge in [0.1, 0.15) is 0 Å². The fourth-order valence-corrected chi connectivity index (χ4v) is 0.740. The van der Waals surface area contributed by atoms with Crippen LogP contribution in [-0.2, 0) is 9.59 Å². The molecule has 0 spiro atoms. The van der Waals surface area contributed by atoms with Crippen LogP contribution in [-0.4, -0.2) is 47.7 Å². The third kappa shape index (κ3) is 9.45. The number of aliphatic carboxylic acids is 2. The Labute approximate surface area is 130 Å². The monoisotopic (exact) mass is 223 g/mol. The summed E-state index contributed by atoms with van der Waals surface area (Å²) in [4.78, 5) is 22.5. The SMILES string of the molecule is CN(C)CCC(C(=O)O)C(=O)O.[H-].[H-].[Na+].[Na+]. The molecule has 0 aliphatic carbocycles. The molecule has 0 aromatic carbocycles. The second kappa shape index (κ2) is 10.4. The minimum Gasteiger partial charge on any atom is -1.00 e. The molecule has 0 fully saturated rings. The van der Waals surface area contributed by atoms with Gasteiger partial charge in [-0.2, -0.15) is 0 Å². The van der Waals surface area contributed by atoms with Crippen LogP contribution in [0.3, 0.4) is 0 Å². The minimum atomic E-state index is -1.28. The molecule has 0 aromatic heterocycles. The Balaban J connectivity index is -0.000000101. The molecule has 0 atom stereocenters. The summed E-state index contributed by atoms with van der Waals surface area (Å²) in [7, 11) is 3.53. The predicted octanol–water partition coefficient (Wildman–Crippen LogP) is -6.04. The predicted molar refractivity (Wildman–Crippen MR) is 44.2 cm³/mol. The molecule has 0 aliphatic heterocycles. The molecule has 0 amide bonds. The van der Waals surface area contributed by atoms with E-state index in [0.29, 0.717) is 6.54 Å². The molecular weight excluding hydrogens is 208 g/mol. The summed E-state index contributed by atoms with van der Waals surface area (Å²) >= 11 is 0. The van der Waals surface area contributed by atoms with Crippen LogP contribution in [0.25, 0.3) is 0 Å². The summed E-state index contributed by atoms with van der Waals surface area (Å²) in [5.74, 6) is -3.83. The average molecular weight is 223 g/mol. The number of carbonyl (C=O) groups is 2. The van der Waals surface area contributed by atoms with Gasteiger partial charge in [-0.3, -0.25) is 9.59 Å². The van der Waals surface area contributed by atoms with Gasteiger partial charge < -0.3 is 18.0 Å². The topological polar surface area (TPSA) is 77.8 Å². The van der Waals surface area contributed by atoms with Crippen LogP contribution in [0.4, 0.5) is 0 Å². The summed E-state index contributed by atoms with van der Waals surface area (Å²) in [5, 5.41) is 16.9. The number of nitrogens with zero attached hydrogens (tertiary/aromatic N) is 1. The van der Waals surface area contributed by atoms with Crippen molar-refractivity contribution in [3.8, 4) is 0 Å². The molecule has 0 aliphatic rings. The van der Waals surface area contributed by atoms with Crippen LogP contribution >= 0.6 is 0 Å². The van der Waals surface area contributed by atoms with E-state index in [1.165, 1.54) is 0 Å². The van der Waals surface area contributed by atoms with Gasteiger partial charge in [0.05, 0.1) is 0 Å². The van der Waals surface area contributed by atoms with E-state index in [1.54, 1.807) is 19.0 Å². The van der Waals surface area contributed by atoms with E-state index in [9.17, 15) is 9.59 Å². The van der Waals surface area contributed by atoms with Gasteiger partial charge in [0.25, 0.3) is 0 Å². The first-order valence-corrected chi connectivity index (χ1v) is 3.55. The first-order chi connectivity index (χ1) is 5.45. The first kappa shape index (κ1) is 20.3. The molecule has 14 heavy (non-hydrogen) atoms. The smallest absolute Gasteiger partial charge is 1.00 e. The van der Waals surface area contributed by atoms with Gasteiger partial charge in [-0.25, -0.2) is 0 Å². The molecule has 7 heteroatoms. The van der Waals surface area contributed by atoms with Gasteiger partial charge in [-0.05, 0) is 27.1 Å². The van der Waals surface area contributed by atoms with Gasteiger partial charge >= 0.3 is 71.1 Å². The van der Waals surface area contributed by atoms with Crippen LogP contribution in [0.15, 0.2) is 0 Å². The molecule has 0 rings (SSSR count). The fourth-order valence-electron chi connectivity index (χ4n) is 0.740. The summed E-state index contributed by atoms with van der Waals surface area (Å²) < 4.78 is 0. The Morgan fingerprint density at radius 2 is 1.57 bits per heavy atom. The van der Waals surface area contributed by atoms with E-state index in [0.717, 1.165) is 0 Å². The molecule has 0 bridgehead atoms. The first-order valence-electron chi connectivity index (χ1n) is 3.55. The second-order valence-corrected chi connectivity index (χ2v) is 2.82. The van der Waals surface area contributed by atoms with Crippen LogP contribution in [0.1, 0.15) is 9.27 Å². The van der Waals surface area contributed by atoms with E-state index >= 15 is 0 Å². The fraction of sp³-hybridized carbons (Fsp3) is 0.714. The summed E-state index contributed by atoms with van der Waals surface area (Å²) in [6, 6.07) is 0. The maximum absolute atomic E-state index is 10.4. The van der Waals surface area contributed by atoms with Gasteiger partial charge in [0, 0.05) is 0 Å². The van der Waals surface area contributed by atoms with Gasteiger partial charge in [-0.1, -0.05) is 0 Å². The molecular formula is C7H15NNa2O4. The van der Waals surface area contributed by atoms with Gasteiger partial charge in [-0.15, -0.1) is 0 Å². The molecule has 0 heterocycles. The summed E-state index contributed by atoms with van der Waals surface area (Å²) in [6.07, 6.45) is 0.137. The molecule has 0 saturated heterocycles. The largest absolute Gasteiger partial charge is 1.00 e. The zero-order chi connectivity index (χ0) is 9.72. The van der Waals surface area contributed by atoms with E-state index in [2.05, 4.69) is 0 Å². The zero-order valence-electron chi connectivity index (χ0n) is 11.1. The molecule has 0 radical (unpaired) electrons. The van der Waals surface area contributed by atoms with Crippen molar-refractivity contribution in [2.75, 3.05) is 20.6 Å². The minimum absolute atomic E-state index is 0. The van der Waals surface area contributed by atoms with E-state index in [-0.39, 0.29) is 68.4 Å². The Bertz CT molecular complexity index is 181. The molecule has 0 unspecified atom stereocenters. The Morgan fingerprint density at radius 1 is 1.21 bits per heavy atom. The Morgan fingerprint density at radius 3 is 1.79 bits per heavy atom. The molecule has 5 nitrogen and oxygen atoms in total. The van der Waals surface area contributed by atoms with Crippen molar-refractivity contribution in [2.24, 2.45) is 5.92 Å². The summed E-state index contributed by atoms with van der Waals surface area (Å²) in [5.41, 5.74) is 0. The van der Waals surface area contributed by atoms with E-state index in [1.807, 2.05) is 0 Å². The van der Waals surface area contributed by atoms with Crippen molar-refractivity contribution in [1.82, 2.24) is 4.90 Å². The van der Waals surface area contributed by atoms with E-state index < -0.39 is 17.9 Å². The Hall–Kier alpha value is 0.900.